The number of hydrogen-bond acceptors (Lipinski definition) is 4. The summed E-state index contributed by atoms with van der Waals surface area (Å²) in [6, 6.07) is 2.85. The van der Waals surface area contributed by atoms with Gasteiger partial charge < -0.3 is 5.32 Å². The molecule has 1 aromatic heterocycles. The first kappa shape index (κ1) is 17.7. The van der Waals surface area contributed by atoms with Gasteiger partial charge in [0.25, 0.3) is 5.91 Å². The quantitative estimate of drug-likeness (QED) is 0.839. The summed E-state index contributed by atoms with van der Waals surface area (Å²) in [6.07, 6.45) is 9.34. The summed E-state index contributed by atoms with van der Waals surface area (Å²) >= 11 is 0. The van der Waals surface area contributed by atoms with Crippen LogP contribution in [0.5, 0.6) is 0 Å². The molecule has 0 saturated carbocycles. The molecule has 0 saturated heterocycles. The molecule has 126 valence electrons. The number of amides is 1. The number of nitrogens with one attached hydrogen (secondary N) is 1. The number of rotatable bonds is 5. The van der Waals surface area contributed by atoms with Gasteiger partial charge in [0.05, 0.1) is 5.56 Å². The van der Waals surface area contributed by atoms with Crippen LogP contribution in [0.2, 0.25) is 0 Å². The van der Waals surface area contributed by atoms with Crippen molar-refractivity contribution < 1.29 is 13.2 Å². The Bertz CT molecular complexity index is 704. The molecule has 0 aliphatic heterocycles. The van der Waals surface area contributed by atoms with Crippen LogP contribution in [-0.4, -0.2) is 32.1 Å². The lowest BCUT2D eigenvalue weighted by Crippen LogP contribution is -2.35. The van der Waals surface area contributed by atoms with Gasteiger partial charge in [-0.1, -0.05) is 25.5 Å². The van der Waals surface area contributed by atoms with Crippen molar-refractivity contribution in [3.63, 3.8) is 0 Å². The van der Waals surface area contributed by atoms with E-state index < -0.39 is 9.84 Å². The molecule has 1 aliphatic carbocycles. The van der Waals surface area contributed by atoms with E-state index in [1.807, 2.05) is 0 Å². The molecule has 0 fully saturated rings. The highest BCUT2D eigenvalue weighted by Gasteiger charge is 2.25. The van der Waals surface area contributed by atoms with Crippen LogP contribution in [0.25, 0.3) is 0 Å². The van der Waals surface area contributed by atoms with Gasteiger partial charge in [-0.3, -0.25) is 4.79 Å². The molecule has 2 rings (SSSR count). The van der Waals surface area contributed by atoms with E-state index in [0.29, 0.717) is 12.1 Å². The van der Waals surface area contributed by atoms with E-state index in [-0.39, 0.29) is 16.3 Å². The van der Waals surface area contributed by atoms with E-state index in [1.54, 1.807) is 0 Å². The second-order valence-electron chi connectivity index (χ2n) is 6.70. The zero-order chi connectivity index (χ0) is 17.1. The van der Waals surface area contributed by atoms with Crippen LogP contribution in [0.1, 0.15) is 49.9 Å². The van der Waals surface area contributed by atoms with E-state index in [0.717, 1.165) is 19.1 Å². The third-order valence-corrected chi connectivity index (χ3v) is 5.23. The minimum atomic E-state index is -3.35. The Labute approximate surface area is 138 Å². The summed E-state index contributed by atoms with van der Waals surface area (Å²) in [4.78, 5) is 16.1. The Kier molecular flexibility index (Phi) is 5.24. The molecule has 1 N–H and O–H groups in total. The van der Waals surface area contributed by atoms with Crippen molar-refractivity contribution in [2.75, 3.05) is 12.8 Å². The molecular weight excluding hydrogens is 312 g/mol. The van der Waals surface area contributed by atoms with Crippen LogP contribution in [0.3, 0.4) is 0 Å². The molecule has 5 nitrogen and oxygen atoms in total. The molecule has 0 bridgehead atoms. The Morgan fingerprint density at radius 1 is 1.30 bits per heavy atom. The maximum atomic E-state index is 12.2. The highest BCUT2D eigenvalue weighted by molar-refractivity contribution is 7.90. The molecule has 1 aromatic rings. The van der Waals surface area contributed by atoms with Gasteiger partial charge in [-0.05, 0) is 37.8 Å². The van der Waals surface area contributed by atoms with E-state index in [2.05, 4.69) is 30.2 Å². The summed E-state index contributed by atoms with van der Waals surface area (Å²) in [5.74, 6) is -0.234. The Morgan fingerprint density at radius 2 is 2.04 bits per heavy atom. The predicted octanol–water partition coefficient (Wildman–Crippen LogP) is 2.74. The van der Waals surface area contributed by atoms with Crippen LogP contribution in [0.4, 0.5) is 0 Å². The number of pyridine rings is 1. The topological polar surface area (TPSA) is 76.1 Å². The van der Waals surface area contributed by atoms with Crippen LogP contribution in [0.15, 0.2) is 35.0 Å². The molecule has 6 heteroatoms. The second kappa shape index (κ2) is 6.83. The third kappa shape index (κ3) is 4.64. The van der Waals surface area contributed by atoms with Gasteiger partial charge in [-0.2, -0.15) is 0 Å². The van der Waals surface area contributed by atoms with Crippen molar-refractivity contribution in [3.05, 3.63) is 35.5 Å². The molecule has 1 aliphatic rings. The number of hydrogen-bond donors (Lipinski definition) is 1. The lowest BCUT2D eigenvalue weighted by Gasteiger charge is -2.30. The first-order valence-corrected chi connectivity index (χ1v) is 9.73. The van der Waals surface area contributed by atoms with Crippen molar-refractivity contribution in [2.45, 2.75) is 44.6 Å². The molecule has 0 radical (unpaired) electrons. The largest absolute Gasteiger partial charge is 0.351 e. The first-order valence-electron chi connectivity index (χ1n) is 7.84. The Morgan fingerprint density at radius 3 is 2.57 bits per heavy atom. The summed E-state index contributed by atoms with van der Waals surface area (Å²) in [7, 11) is -3.35. The van der Waals surface area contributed by atoms with Crippen molar-refractivity contribution in [1.29, 1.82) is 0 Å². The van der Waals surface area contributed by atoms with Gasteiger partial charge in [0.1, 0.15) is 0 Å². The van der Waals surface area contributed by atoms with Crippen LogP contribution in [-0.2, 0) is 9.84 Å². The molecule has 0 atom stereocenters. The molecule has 0 spiro atoms. The van der Waals surface area contributed by atoms with Crippen molar-refractivity contribution in [1.82, 2.24) is 10.3 Å². The highest BCUT2D eigenvalue weighted by atomic mass is 32.2. The van der Waals surface area contributed by atoms with Crippen molar-refractivity contribution >= 4 is 15.7 Å². The maximum absolute atomic E-state index is 12.2. The van der Waals surface area contributed by atoms with E-state index in [4.69, 9.17) is 0 Å². The van der Waals surface area contributed by atoms with Gasteiger partial charge in [0, 0.05) is 24.4 Å². The lowest BCUT2D eigenvalue weighted by molar-refractivity contribution is 0.0940. The van der Waals surface area contributed by atoms with Gasteiger partial charge in [-0.25, -0.2) is 13.4 Å². The average molecular weight is 336 g/mol. The summed E-state index contributed by atoms with van der Waals surface area (Å²) in [6.45, 7) is 4.82. The minimum absolute atomic E-state index is 0.0262. The number of sulfone groups is 1. The second-order valence-corrected chi connectivity index (χ2v) is 8.66. The lowest BCUT2D eigenvalue weighted by atomic mass is 9.78. The molecular formula is C17H24N2O3S. The van der Waals surface area contributed by atoms with Gasteiger partial charge >= 0.3 is 0 Å². The van der Waals surface area contributed by atoms with Crippen molar-refractivity contribution in [2.24, 2.45) is 5.41 Å². The zero-order valence-electron chi connectivity index (χ0n) is 13.9. The predicted molar refractivity (Wildman–Crippen MR) is 90.0 cm³/mol. The smallest absolute Gasteiger partial charge is 0.252 e. The van der Waals surface area contributed by atoms with E-state index in [9.17, 15) is 13.2 Å². The molecule has 23 heavy (non-hydrogen) atoms. The first-order chi connectivity index (χ1) is 10.7. The highest BCUT2D eigenvalue weighted by Crippen LogP contribution is 2.33. The molecule has 0 aromatic carbocycles. The number of carbonyl (C=O) groups is 1. The number of allylic oxidation sites excluding steroid dienone is 1. The molecule has 0 unspecified atom stereocenters. The van der Waals surface area contributed by atoms with Crippen LogP contribution >= 0.6 is 0 Å². The van der Waals surface area contributed by atoms with Gasteiger partial charge in [0.15, 0.2) is 14.9 Å². The Hall–Kier alpha value is -1.69. The van der Waals surface area contributed by atoms with Gasteiger partial charge in [-0.15, -0.1) is 0 Å². The minimum Gasteiger partial charge on any atom is -0.351 e. The fourth-order valence-electron chi connectivity index (χ4n) is 2.70. The monoisotopic (exact) mass is 336 g/mol. The van der Waals surface area contributed by atoms with E-state index in [1.165, 1.54) is 36.7 Å². The SMILES string of the molecule is CC(C)(CNC(=O)c1ccc(S(C)(=O)=O)nc1)C1=CCCCC1. The number of carbonyl (C=O) groups excluding carboxylic acids is 1. The molecule has 1 amide bonds. The fourth-order valence-corrected chi connectivity index (χ4v) is 3.26. The number of nitrogens with zero attached hydrogens (tertiary/aromatic N) is 1. The normalized spacial score (nSPS) is 15.9. The third-order valence-electron chi connectivity index (χ3n) is 4.23. The maximum Gasteiger partial charge on any atom is 0.252 e. The van der Waals surface area contributed by atoms with E-state index >= 15 is 0 Å². The summed E-state index contributed by atoms with van der Waals surface area (Å²) in [5, 5.41) is 2.90. The number of aromatic nitrogens is 1. The zero-order valence-corrected chi connectivity index (χ0v) is 14.7. The average Bonchev–Trinajstić information content (AvgIpc) is 2.53. The van der Waals surface area contributed by atoms with Crippen molar-refractivity contribution in [3.8, 4) is 0 Å². The standard InChI is InChI=1S/C17H24N2O3S/c1-17(2,14-7-5-4-6-8-14)12-19-16(20)13-9-10-15(18-11-13)23(3,21)22/h7,9-11H,4-6,8,12H2,1-3H3,(H,19,20). The van der Waals surface area contributed by atoms with Crippen LogP contribution < -0.4 is 5.32 Å². The fraction of sp³-hybridized carbons (Fsp3) is 0.529. The summed E-state index contributed by atoms with van der Waals surface area (Å²) < 4.78 is 22.8. The molecule has 1 heterocycles. The van der Waals surface area contributed by atoms with Crippen LogP contribution in [0, 0.1) is 5.41 Å². The summed E-state index contributed by atoms with van der Waals surface area (Å²) in [5.41, 5.74) is 1.69. The Balaban J connectivity index is 2.00. The van der Waals surface area contributed by atoms with Gasteiger partial charge in [0.2, 0.25) is 0 Å².